The summed E-state index contributed by atoms with van der Waals surface area (Å²) in [6, 6.07) is 5.50. The highest BCUT2D eigenvalue weighted by Crippen LogP contribution is 2.28. The van der Waals surface area contributed by atoms with Gasteiger partial charge in [0.15, 0.2) is 0 Å². The Morgan fingerprint density at radius 3 is 3.11 bits per heavy atom. The molecule has 6 nitrogen and oxygen atoms in total. The second-order valence-electron chi connectivity index (χ2n) is 3.87. The van der Waals surface area contributed by atoms with Crippen molar-refractivity contribution in [3.63, 3.8) is 0 Å². The molecule has 0 bridgehead atoms. The van der Waals surface area contributed by atoms with Crippen molar-refractivity contribution in [3.05, 3.63) is 42.5 Å². The maximum atomic E-state index is 5.83. The molecule has 90 valence electrons. The lowest BCUT2D eigenvalue weighted by atomic mass is 10.2. The van der Waals surface area contributed by atoms with Crippen LogP contribution in [0.5, 0.6) is 11.6 Å². The molecule has 0 spiro atoms. The Balaban J connectivity index is 2.06. The summed E-state index contributed by atoms with van der Waals surface area (Å²) in [5.74, 6) is 1.07. The third kappa shape index (κ3) is 1.64. The summed E-state index contributed by atoms with van der Waals surface area (Å²) in [6.07, 6.45) is 4.98. The van der Waals surface area contributed by atoms with Crippen LogP contribution in [0.4, 0.5) is 5.69 Å². The van der Waals surface area contributed by atoms with Gasteiger partial charge in [-0.15, -0.1) is 10.2 Å². The number of hydrogen-bond donors (Lipinski definition) is 1. The number of nitrogen functional groups attached to an aromatic ring is 1. The molecule has 0 fully saturated rings. The van der Waals surface area contributed by atoms with Gasteiger partial charge in [-0.05, 0) is 19.1 Å². The number of anilines is 1. The van der Waals surface area contributed by atoms with Gasteiger partial charge in [0.05, 0.1) is 0 Å². The van der Waals surface area contributed by atoms with Gasteiger partial charge in [0.1, 0.15) is 12.1 Å². The largest absolute Gasteiger partial charge is 0.436 e. The highest BCUT2D eigenvalue weighted by atomic mass is 16.5. The molecule has 6 heteroatoms. The fourth-order valence-corrected chi connectivity index (χ4v) is 1.65. The van der Waals surface area contributed by atoms with Crippen molar-refractivity contribution in [2.75, 3.05) is 5.73 Å². The smallest absolute Gasteiger partial charge is 0.265 e. The maximum absolute atomic E-state index is 5.83. The van der Waals surface area contributed by atoms with E-state index >= 15 is 0 Å². The fourth-order valence-electron chi connectivity index (χ4n) is 1.65. The van der Waals surface area contributed by atoms with E-state index in [1.807, 2.05) is 25.1 Å². The molecule has 0 unspecified atom stereocenters. The molecule has 0 amide bonds. The molecular formula is C12H11N5O. The first-order chi connectivity index (χ1) is 8.75. The molecule has 0 atom stereocenters. The summed E-state index contributed by atoms with van der Waals surface area (Å²) in [4.78, 5) is 4.16. The monoisotopic (exact) mass is 241 g/mol. The number of rotatable bonds is 2. The number of ether oxygens (including phenoxy) is 1. The number of nitrogens with two attached hydrogens (primary N) is 1. The highest BCUT2D eigenvalue weighted by Gasteiger charge is 2.09. The minimum atomic E-state index is 0.406. The van der Waals surface area contributed by atoms with Crippen molar-refractivity contribution < 1.29 is 4.74 Å². The van der Waals surface area contributed by atoms with Crippen LogP contribution in [-0.2, 0) is 0 Å². The maximum Gasteiger partial charge on any atom is 0.265 e. The third-order valence-electron chi connectivity index (χ3n) is 2.72. The lowest BCUT2D eigenvalue weighted by molar-refractivity contribution is 0.461. The Kier molecular flexibility index (Phi) is 2.33. The SMILES string of the molecule is Cc1c(N)cccc1Oc1nccn2cnnc12. The minimum Gasteiger partial charge on any atom is -0.436 e. The molecule has 0 radical (unpaired) electrons. The van der Waals surface area contributed by atoms with Gasteiger partial charge in [-0.1, -0.05) is 6.07 Å². The summed E-state index contributed by atoms with van der Waals surface area (Å²) in [6.45, 7) is 1.90. The molecule has 0 aliphatic heterocycles. The molecule has 0 aliphatic carbocycles. The topological polar surface area (TPSA) is 78.3 Å². The van der Waals surface area contributed by atoms with Crippen LogP contribution in [0.15, 0.2) is 36.9 Å². The normalized spacial score (nSPS) is 10.7. The zero-order valence-corrected chi connectivity index (χ0v) is 9.74. The van der Waals surface area contributed by atoms with Gasteiger partial charge >= 0.3 is 0 Å². The predicted octanol–water partition coefficient (Wildman–Crippen LogP) is 1.81. The van der Waals surface area contributed by atoms with Crippen LogP contribution in [0.1, 0.15) is 5.56 Å². The van der Waals surface area contributed by atoms with Gasteiger partial charge < -0.3 is 10.5 Å². The molecular weight excluding hydrogens is 230 g/mol. The van der Waals surface area contributed by atoms with Crippen LogP contribution in [0.2, 0.25) is 0 Å². The summed E-state index contributed by atoms with van der Waals surface area (Å²) in [7, 11) is 0. The molecule has 3 aromatic rings. The lowest BCUT2D eigenvalue weighted by Crippen LogP contribution is -1.96. The number of hydrogen-bond acceptors (Lipinski definition) is 5. The molecule has 2 aromatic heterocycles. The number of aromatic nitrogens is 4. The standard InChI is InChI=1S/C12H11N5O/c1-8-9(13)3-2-4-10(8)18-12-11-16-15-7-17(11)6-5-14-12/h2-7H,13H2,1H3. The fraction of sp³-hybridized carbons (Fsp3) is 0.0833. The molecule has 0 saturated heterocycles. The molecule has 3 rings (SSSR count). The zero-order chi connectivity index (χ0) is 12.5. The Labute approximate surface area is 103 Å². The Hall–Kier alpha value is -2.63. The van der Waals surface area contributed by atoms with Crippen LogP contribution in [0, 0.1) is 6.92 Å². The van der Waals surface area contributed by atoms with Crippen molar-refractivity contribution in [3.8, 4) is 11.6 Å². The molecule has 2 N–H and O–H groups in total. The molecule has 0 aliphatic rings. The zero-order valence-electron chi connectivity index (χ0n) is 9.74. The second kappa shape index (κ2) is 3.99. The molecule has 18 heavy (non-hydrogen) atoms. The Morgan fingerprint density at radius 1 is 1.33 bits per heavy atom. The number of nitrogens with zero attached hydrogens (tertiary/aromatic N) is 4. The molecule has 2 heterocycles. The van der Waals surface area contributed by atoms with Gasteiger partial charge in [-0.3, -0.25) is 4.40 Å². The van der Waals surface area contributed by atoms with Crippen molar-refractivity contribution in [1.29, 1.82) is 0 Å². The van der Waals surface area contributed by atoms with E-state index in [4.69, 9.17) is 10.5 Å². The van der Waals surface area contributed by atoms with Crippen LogP contribution in [-0.4, -0.2) is 19.6 Å². The van der Waals surface area contributed by atoms with E-state index in [9.17, 15) is 0 Å². The first kappa shape index (κ1) is 10.5. The minimum absolute atomic E-state index is 0.406. The average molecular weight is 241 g/mol. The van der Waals surface area contributed by atoms with E-state index in [-0.39, 0.29) is 0 Å². The second-order valence-corrected chi connectivity index (χ2v) is 3.87. The van der Waals surface area contributed by atoms with Crippen molar-refractivity contribution >= 4 is 11.3 Å². The summed E-state index contributed by atoms with van der Waals surface area (Å²) in [5.41, 5.74) is 7.96. The number of fused-ring (bicyclic) bond motifs is 1. The van der Waals surface area contributed by atoms with Gasteiger partial charge in [-0.2, -0.15) is 0 Å². The van der Waals surface area contributed by atoms with Gasteiger partial charge in [0.2, 0.25) is 5.65 Å². The quantitative estimate of drug-likeness (QED) is 0.692. The number of benzene rings is 1. The Morgan fingerprint density at radius 2 is 2.22 bits per heavy atom. The van der Waals surface area contributed by atoms with Crippen molar-refractivity contribution in [2.24, 2.45) is 0 Å². The molecule has 1 aromatic carbocycles. The highest BCUT2D eigenvalue weighted by molar-refractivity contribution is 5.56. The van der Waals surface area contributed by atoms with Gasteiger partial charge in [0, 0.05) is 23.6 Å². The Bertz CT molecular complexity index is 707. The summed E-state index contributed by atoms with van der Waals surface area (Å²) >= 11 is 0. The molecule has 0 saturated carbocycles. The lowest BCUT2D eigenvalue weighted by Gasteiger charge is -2.09. The van der Waals surface area contributed by atoms with E-state index in [2.05, 4.69) is 15.2 Å². The van der Waals surface area contributed by atoms with E-state index in [1.54, 1.807) is 23.1 Å². The third-order valence-corrected chi connectivity index (χ3v) is 2.72. The first-order valence-corrected chi connectivity index (χ1v) is 5.43. The van der Waals surface area contributed by atoms with Crippen molar-refractivity contribution in [2.45, 2.75) is 6.92 Å². The van der Waals surface area contributed by atoms with E-state index in [0.717, 1.165) is 5.56 Å². The van der Waals surface area contributed by atoms with Gasteiger partial charge in [0.25, 0.3) is 5.88 Å². The predicted molar refractivity (Wildman–Crippen MR) is 66.4 cm³/mol. The van der Waals surface area contributed by atoms with Gasteiger partial charge in [-0.25, -0.2) is 4.98 Å². The van der Waals surface area contributed by atoms with Crippen LogP contribution in [0.25, 0.3) is 5.65 Å². The van der Waals surface area contributed by atoms with E-state index < -0.39 is 0 Å². The van der Waals surface area contributed by atoms with Crippen molar-refractivity contribution in [1.82, 2.24) is 19.6 Å². The van der Waals surface area contributed by atoms with E-state index in [0.29, 0.717) is 23.0 Å². The summed E-state index contributed by atoms with van der Waals surface area (Å²) in [5, 5.41) is 7.77. The van der Waals surface area contributed by atoms with E-state index in [1.165, 1.54) is 0 Å². The first-order valence-electron chi connectivity index (χ1n) is 5.43. The van der Waals surface area contributed by atoms with Crippen LogP contribution >= 0.6 is 0 Å². The van der Waals surface area contributed by atoms with Crippen LogP contribution in [0.3, 0.4) is 0 Å². The average Bonchev–Trinajstić information content (AvgIpc) is 2.84. The van der Waals surface area contributed by atoms with Crippen LogP contribution < -0.4 is 10.5 Å². The summed E-state index contributed by atoms with van der Waals surface area (Å²) < 4.78 is 7.49.